The maximum absolute atomic E-state index is 13.8. The molecule has 0 spiro atoms. The Hall–Kier alpha value is -1.09. The second-order valence-electron chi connectivity index (χ2n) is 4.13. The molecular formula is C15H9Cl3F2. The van der Waals surface area contributed by atoms with Crippen LogP contribution in [0.5, 0.6) is 0 Å². The summed E-state index contributed by atoms with van der Waals surface area (Å²) >= 11 is 17.7. The van der Waals surface area contributed by atoms with E-state index in [1.807, 2.05) is 0 Å². The molecule has 0 aliphatic heterocycles. The molecule has 0 amide bonds. The lowest BCUT2D eigenvalue weighted by Gasteiger charge is -2.07. The first-order valence-electron chi connectivity index (χ1n) is 5.67. The van der Waals surface area contributed by atoms with Gasteiger partial charge >= 0.3 is 0 Å². The van der Waals surface area contributed by atoms with Gasteiger partial charge in [-0.1, -0.05) is 23.2 Å². The number of hydrogen-bond acceptors (Lipinski definition) is 0. The molecule has 20 heavy (non-hydrogen) atoms. The minimum atomic E-state index is -0.662. The summed E-state index contributed by atoms with van der Waals surface area (Å²) in [4.78, 5) is 0. The van der Waals surface area contributed by atoms with Gasteiger partial charge in [0.05, 0.1) is 0 Å². The first-order chi connectivity index (χ1) is 9.49. The van der Waals surface area contributed by atoms with Gasteiger partial charge in [0.25, 0.3) is 0 Å². The van der Waals surface area contributed by atoms with Gasteiger partial charge in [0.2, 0.25) is 0 Å². The predicted molar refractivity (Wildman–Crippen MR) is 81.4 cm³/mol. The van der Waals surface area contributed by atoms with Crippen LogP contribution in [-0.2, 0) is 0 Å². The van der Waals surface area contributed by atoms with E-state index in [0.29, 0.717) is 21.2 Å². The lowest BCUT2D eigenvalue weighted by molar-refractivity contribution is 0.581. The van der Waals surface area contributed by atoms with Crippen molar-refractivity contribution in [3.63, 3.8) is 0 Å². The van der Waals surface area contributed by atoms with Crippen molar-refractivity contribution in [2.75, 3.05) is 5.88 Å². The first kappa shape index (κ1) is 15.3. The third-order valence-electron chi connectivity index (χ3n) is 2.65. The summed E-state index contributed by atoms with van der Waals surface area (Å²) < 4.78 is 26.7. The number of alkyl halides is 1. The van der Waals surface area contributed by atoms with Crippen LogP contribution in [0.15, 0.2) is 36.4 Å². The van der Waals surface area contributed by atoms with Crippen LogP contribution < -0.4 is 0 Å². The van der Waals surface area contributed by atoms with Crippen LogP contribution >= 0.6 is 34.8 Å². The molecule has 0 heterocycles. The normalized spacial score (nSPS) is 11.8. The molecule has 0 radical (unpaired) electrons. The Labute approximate surface area is 130 Å². The minimum Gasteiger partial charge on any atom is -0.207 e. The van der Waals surface area contributed by atoms with E-state index in [9.17, 15) is 8.78 Å². The molecule has 2 aromatic carbocycles. The van der Waals surface area contributed by atoms with Gasteiger partial charge in [0.15, 0.2) is 0 Å². The number of rotatable bonds is 3. The van der Waals surface area contributed by atoms with Crippen molar-refractivity contribution in [2.45, 2.75) is 0 Å². The van der Waals surface area contributed by atoms with E-state index in [4.69, 9.17) is 34.8 Å². The van der Waals surface area contributed by atoms with Crippen molar-refractivity contribution in [3.05, 3.63) is 69.2 Å². The molecule has 0 nitrogen and oxygen atoms in total. The Bertz CT molecular complexity index is 646. The zero-order valence-corrected chi connectivity index (χ0v) is 12.4. The molecule has 2 aromatic rings. The van der Waals surface area contributed by atoms with Crippen molar-refractivity contribution >= 4 is 46.5 Å². The van der Waals surface area contributed by atoms with Gasteiger partial charge < -0.3 is 0 Å². The molecule has 0 aliphatic carbocycles. The van der Waals surface area contributed by atoms with E-state index in [0.717, 1.165) is 6.07 Å². The van der Waals surface area contributed by atoms with E-state index in [1.165, 1.54) is 12.1 Å². The highest BCUT2D eigenvalue weighted by atomic mass is 35.5. The molecule has 104 valence electrons. The standard InChI is InChI=1S/C15H9Cl3F2/c16-8-10(14-2-1-13(19)7-15(14)20)3-9-4-11(17)6-12(18)5-9/h1-7H,8H2/b10-3+. The van der Waals surface area contributed by atoms with Crippen molar-refractivity contribution in [2.24, 2.45) is 0 Å². The maximum atomic E-state index is 13.8. The zero-order chi connectivity index (χ0) is 14.7. The predicted octanol–water partition coefficient (Wildman–Crippen LogP) is 6.05. The molecule has 5 heteroatoms. The molecule has 0 bridgehead atoms. The van der Waals surface area contributed by atoms with E-state index in [2.05, 4.69) is 0 Å². The summed E-state index contributed by atoms with van der Waals surface area (Å²) in [5.74, 6) is -1.22. The summed E-state index contributed by atoms with van der Waals surface area (Å²) in [5, 5.41) is 0.939. The number of hydrogen-bond donors (Lipinski definition) is 0. The van der Waals surface area contributed by atoms with E-state index in [-0.39, 0.29) is 11.4 Å². The van der Waals surface area contributed by atoms with Gasteiger partial charge in [0, 0.05) is 27.6 Å². The topological polar surface area (TPSA) is 0 Å². The third kappa shape index (κ3) is 3.72. The van der Waals surface area contributed by atoms with Crippen LogP contribution in [0.3, 0.4) is 0 Å². The molecule has 0 unspecified atom stereocenters. The molecule has 0 atom stereocenters. The van der Waals surface area contributed by atoms with E-state index < -0.39 is 11.6 Å². The average molecular weight is 334 g/mol. The highest BCUT2D eigenvalue weighted by Gasteiger charge is 2.09. The Morgan fingerprint density at radius 3 is 2.20 bits per heavy atom. The smallest absolute Gasteiger partial charge is 0.133 e. The molecule has 0 saturated carbocycles. The fourth-order valence-corrected chi connectivity index (χ4v) is 2.56. The quantitative estimate of drug-likeness (QED) is 0.474. The summed E-state index contributed by atoms with van der Waals surface area (Å²) in [7, 11) is 0. The summed E-state index contributed by atoms with van der Waals surface area (Å²) in [5.41, 5.74) is 1.46. The second kappa shape index (κ2) is 6.57. The zero-order valence-electron chi connectivity index (χ0n) is 10.1. The monoisotopic (exact) mass is 332 g/mol. The molecule has 2 rings (SSSR count). The summed E-state index contributed by atoms with van der Waals surface area (Å²) in [6.07, 6.45) is 1.67. The fourth-order valence-electron chi connectivity index (χ4n) is 1.80. The average Bonchev–Trinajstić information content (AvgIpc) is 2.35. The van der Waals surface area contributed by atoms with Crippen LogP contribution in [0.2, 0.25) is 10.0 Å². The van der Waals surface area contributed by atoms with Gasteiger partial charge in [-0.2, -0.15) is 0 Å². The van der Waals surface area contributed by atoms with Gasteiger partial charge in [0.1, 0.15) is 11.6 Å². The van der Waals surface area contributed by atoms with Crippen molar-refractivity contribution < 1.29 is 8.78 Å². The molecule has 0 fully saturated rings. The largest absolute Gasteiger partial charge is 0.207 e. The summed E-state index contributed by atoms with van der Waals surface area (Å²) in [6.45, 7) is 0. The number of allylic oxidation sites excluding steroid dienone is 1. The second-order valence-corrected chi connectivity index (χ2v) is 5.27. The van der Waals surface area contributed by atoms with Crippen LogP contribution in [0.1, 0.15) is 11.1 Å². The van der Waals surface area contributed by atoms with Gasteiger partial charge in [-0.3, -0.25) is 0 Å². The van der Waals surface area contributed by atoms with Crippen LogP contribution in [-0.4, -0.2) is 5.88 Å². The SMILES string of the molecule is Fc1ccc(/C(=C/c2cc(Cl)cc(Cl)c2)CCl)c(F)c1. The number of halogens is 5. The molecule has 0 aliphatic rings. The summed E-state index contributed by atoms with van der Waals surface area (Å²) in [6, 6.07) is 8.32. The Morgan fingerprint density at radius 1 is 1.00 bits per heavy atom. The van der Waals surface area contributed by atoms with Crippen LogP contribution in [0, 0.1) is 11.6 Å². The van der Waals surface area contributed by atoms with Crippen molar-refractivity contribution in [1.29, 1.82) is 0 Å². The Balaban J connectivity index is 2.48. The minimum absolute atomic E-state index is 0.0761. The van der Waals surface area contributed by atoms with Crippen LogP contribution in [0.25, 0.3) is 11.6 Å². The van der Waals surface area contributed by atoms with Crippen molar-refractivity contribution in [3.8, 4) is 0 Å². The Morgan fingerprint density at radius 2 is 1.65 bits per heavy atom. The highest BCUT2D eigenvalue weighted by molar-refractivity contribution is 6.34. The first-order valence-corrected chi connectivity index (χ1v) is 6.96. The maximum Gasteiger partial charge on any atom is 0.133 e. The molecule has 0 saturated heterocycles. The lowest BCUT2D eigenvalue weighted by atomic mass is 10.0. The molecule has 0 N–H and O–H groups in total. The molecular weight excluding hydrogens is 325 g/mol. The van der Waals surface area contributed by atoms with Gasteiger partial charge in [-0.25, -0.2) is 8.78 Å². The third-order valence-corrected chi connectivity index (χ3v) is 3.37. The highest BCUT2D eigenvalue weighted by Crippen LogP contribution is 2.26. The van der Waals surface area contributed by atoms with E-state index in [1.54, 1.807) is 24.3 Å². The van der Waals surface area contributed by atoms with Crippen LogP contribution in [0.4, 0.5) is 8.78 Å². The van der Waals surface area contributed by atoms with E-state index >= 15 is 0 Å². The Kier molecular flexibility index (Phi) is 5.03. The van der Waals surface area contributed by atoms with Gasteiger partial charge in [-0.05, 0) is 47.5 Å². The van der Waals surface area contributed by atoms with Crippen molar-refractivity contribution in [1.82, 2.24) is 0 Å². The fraction of sp³-hybridized carbons (Fsp3) is 0.0667. The number of benzene rings is 2. The van der Waals surface area contributed by atoms with Gasteiger partial charge in [-0.15, -0.1) is 11.6 Å². The lowest BCUT2D eigenvalue weighted by Crippen LogP contribution is -1.93. The molecule has 0 aromatic heterocycles.